The Labute approximate surface area is 138 Å². The lowest BCUT2D eigenvalue weighted by molar-refractivity contribution is -0.138. The van der Waals surface area contributed by atoms with Crippen LogP contribution in [0, 0.1) is 0 Å². The molecule has 6 heteroatoms. The van der Waals surface area contributed by atoms with Gasteiger partial charge in [0.2, 0.25) is 0 Å². The van der Waals surface area contributed by atoms with Crippen molar-refractivity contribution in [3.8, 4) is 16.9 Å². The largest absolute Gasteiger partial charge is 0.497 e. The van der Waals surface area contributed by atoms with Crippen LogP contribution in [0.3, 0.4) is 0 Å². The first kappa shape index (κ1) is 17.8. The van der Waals surface area contributed by atoms with Crippen molar-refractivity contribution in [2.24, 2.45) is 0 Å². The van der Waals surface area contributed by atoms with Gasteiger partial charge in [0, 0.05) is 0 Å². The second-order valence-electron chi connectivity index (χ2n) is 5.41. The molecule has 0 saturated carbocycles. The van der Waals surface area contributed by atoms with E-state index in [0.29, 0.717) is 11.3 Å². The number of alkyl halides is 3. The van der Waals surface area contributed by atoms with Crippen LogP contribution < -0.4 is 4.74 Å². The molecule has 128 valence electrons. The topological polar surface area (TPSA) is 35.5 Å². The van der Waals surface area contributed by atoms with Crippen molar-refractivity contribution in [3.05, 3.63) is 53.6 Å². The van der Waals surface area contributed by atoms with Gasteiger partial charge in [0.25, 0.3) is 0 Å². The zero-order chi connectivity index (χ0) is 17.9. The van der Waals surface area contributed by atoms with E-state index in [1.165, 1.54) is 19.2 Å². The van der Waals surface area contributed by atoms with Gasteiger partial charge in [-0.2, -0.15) is 13.2 Å². The molecule has 2 rings (SSSR count). The van der Waals surface area contributed by atoms with Crippen LogP contribution in [-0.4, -0.2) is 19.2 Å². The molecule has 0 bridgehead atoms. The molecule has 0 aliphatic heterocycles. The van der Waals surface area contributed by atoms with Crippen molar-refractivity contribution in [1.29, 1.82) is 0 Å². The maximum Gasteiger partial charge on any atom is 0.417 e. The summed E-state index contributed by atoms with van der Waals surface area (Å²) in [6.45, 7) is 3.17. The van der Waals surface area contributed by atoms with Crippen molar-refractivity contribution < 1.29 is 27.4 Å². The summed E-state index contributed by atoms with van der Waals surface area (Å²) in [7, 11) is 1.49. The van der Waals surface area contributed by atoms with E-state index >= 15 is 0 Å². The number of hydrogen-bond acceptors (Lipinski definition) is 3. The van der Waals surface area contributed by atoms with Gasteiger partial charge < -0.3 is 9.47 Å². The Kier molecular flexibility index (Phi) is 5.17. The fourth-order valence-corrected chi connectivity index (χ4v) is 2.29. The molecule has 3 nitrogen and oxygen atoms in total. The third-order valence-corrected chi connectivity index (χ3v) is 3.32. The molecule has 2 aromatic rings. The molecule has 0 amide bonds. The minimum absolute atomic E-state index is 0.165. The molecule has 0 unspecified atom stereocenters. The highest BCUT2D eigenvalue weighted by Gasteiger charge is 2.37. The van der Waals surface area contributed by atoms with Crippen LogP contribution >= 0.6 is 0 Å². The van der Waals surface area contributed by atoms with Gasteiger partial charge in [-0.15, -0.1) is 0 Å². The normalized spacial score (nSPS) is 11.5. The van der Waals surface area contributed by atoms with E-state index in [1.54, 1.807) is 38.1 Å². The molecule has 24 heavy (non-hydrogen) atoms. The second-order valence-corrected chi connectivity index (χ2v) is 5.41. The fraction of sp³-hybridized carbons (Fsp3) is 0.278. The van der Waals surface area contributed by atoms with Crippen LogP contribution in [0.25, 0.3) is 11.1 Å². The van der Waals surface area contributed by atoms with E-state index in [-0.39, 0.29) is 5.56 Å². The lowest BCUT2D eigenvalue weighted by Gasteiger charge is -2.17. The number of methoxy groups -OCH3 is 1. The standard InChI is InChI=1S/C18H17F3O3/c1-11(2)24-17(22)16-14(5-4-6-15(16)18(19,20)21)12-7-9-13(23-3)10-8-12/h4-11H,1-3H3. The van der Waals surface area contributed by atoms with Gasteiger partial charge in [0.1, 0.15) is 5.75 Å². The first-order valence-corrected chi connectivity index (χ1v) is 7.29. The minimum Gasteiger partial charge on any atom is -0.497 e. The average molecular weight is 338 g/mol. The minimum atomic E-state index is -4.66. The van der Waals surface area contributed by atoms with Gasteiger partial charge in [0.15, 0.2) is 0 Å². The molecule has 0 spiro atoms. The molecule has 0 aliphatic rings. The van der Waals surface area contributed by atoms with Gasteiger partial charge in [0.05, 0.1) is 24.3 Å². The van der Waals surface area contributed by atoms with Crippen LogP contribution in [-0.2, 0) is 10.9 Å². The number of benzene rings is 2. The molecule has 0 fully saturated rings. The summed E-state index contributed by atoms with van der Waals surface area (Å²) >= 11 is 0. The molecule has 0 N–H and O–H groups in total. The Bertz CT molecular complexity index is 719. The van der Waals surface area contributed by atoms with Crippen LogP contribution in [0.5, 0.6) is 5.75 Å². The average Bonchev–Trinajstić information content (AvgIpc) is 2.52. The van der Waals surface area contributed by atoms with E-state index in [1.807, 2.05) is 0 Å². The number of rotatable bonds is 4. The Morgan fingerprint density at radius 2 is 1.67 bits per heavy atom. The highest BCUT2D eigenvalue weighted by Crippen LogP contribution is 2.37. The van der Waals surface area contributed by atoms with E-state index in [0.717, 1.165) is 6.07 Å². The number of carbonyl (C=O) groups is 1. The molecule has 0 atom stereocenters. The summed E-state index contributed by atoms with van der Waals surface area (Å²) in [6.07, 6.45) is -5.18. The van der Waals surface area contributed by atoms with Crippen molar-refractivity contribution in [2.75, 3.05) is 7.11 Å². The number of carbonyl (C=O) groups excluding carboxylic acids is 1. The van der Waals surface area contributed by atoms with Crippen molar-refractivity contribution in [2.45, 2.75) is 26.1 Å². The Morgan fingerprint density at radius 1 is 1.04 bits per heavy atom. The number of esters is 1. The summed E-state index contributed by atoms with van der Waals surface area (Å²) in [5.41, 5.74) is -0.860. The molecular formula is C18H17F3O3. The van der Waals surface area contributed by atoms with Gasteiger partial charge >= 0.3 is 12.1 Å². The highest BCUT2D eigenvalue weighted by atomic mass is 19.4. The van der Waals surface area contributed by atoms with Gasteiger partial charge in [-0.05, 0) is 43.2 Å². The fourth-order valence-electron chi connectivity index (χ4n) is 2.29. The molecule has 0 aliphatic carbocycles. The van der Waals surface area contributed by atoms with Crippen LogP contribution in [0.2, 0.25) is 0 Å². The molecule has 2 aromatic carbocycles. The molecule has 0 saturated heterocycles. The van der Waals surface area contributed by atoms with Gasteiger partial charge in [-0.1, -0.05) is 24.3 Å². The zero-order valence-corrected chi connectivity index (χ0v) is 13.5. The number of hydrogen-bond donors (Lipinski definition) is 0. The Hall–Kier alpha value is -2.50. The van der Waals surface area contributed by atoms with Gasteiger partial charge in [-0.3, -0.25) is 0 Å². The maximum absolute atomic E-state index is 13.3. The smallest absolute Gasteiger partial charge is 0.417 e. The molecule has 0 heterocycles. The highest BCUT2D eigenvalue weighted by molar-refractivity contribution is 5.99. The first-order chi connectivity index (χ1) is 11.2. The zero-order valence-electron chi connectivity index (χ0n) is 13.5. The first-order valence-electron chi connectivity index (χ1n) is 7.29. The van der Waals surface area contributed by atoms with E-state index in [2.05, 4.69) is 0 Å². The third kappa shape index (κ3) is 3.88. The monoisotopic (exact) mass is 338 g/mol. The molecule has 0 radical (unpaired) electrons. The predicted molar refractivity (Wildman–Crippen MR) is 84.0 cm³/mol. The quantitative estimate of drug-likeness (QED) is 0.740. The second kappa shape index (κ2) is 6.95. The summed E-state index contributed by atoms with van der Waals surface area (Å²) in [5.74, 6) is -0.430. The van der Waals surface area contributed by atoms with E-state index < -0.39 is 29.4 Å². The third-order valence-electron chi connectivity index (χ3n) is 3.32. The van der Waals surface area contributed by atoms with E-state index in [4.69, 9.17) is 9.47 Å². The summed E-state index contributed by atoms with van der Waals surface area (Å²) < 4.78 is 50.1. The number of halogens is 3. The van der Waals surface area contributed by atoms with Gasteiger partial charge in [-0.25, -0.2) is 4.79 Å². The van der Waals surface area contributed by atoms with E-state index in [9.17, 15) is 18.0 Å². The summed E-state index contributed by atoms with van der Waals surface area (Å²) in [6, 6.07) is 10.0. The SMILES string of the molecule is COc1ccc(-c2cccc(C(F)(F)F)c2C(=O)OC(C)C)cc1. The lowest BCUT2D eigenvalue weighted by Crippen LogP contribution is -2.19. The molecule has 0 aromatic heterocycles. The van der Waals surface area contributed by atoms with Crippen molar-refractivity contribution in [1.82, 2.24) is 0 Å². The van der Waals surface area contributed by atoms with Crippen LogP contribution in [0.15, 0.2) is 42.5 Å². The summed E-state index contributed by atoms with van der Waals surface area (Å²) in [4.78, 5) is 12.3. The molecular weight excluding hydrogens is 321 g/mol. The lowest BCUT2D eigenvalue weighted by atomic mass is 9.95. The van der Waals surface area contributed by atoms with Crippen LogP contribution in [0.1, 0.15) is 29.8 Å². The number of ether oxygens (including phenoxy) is 2. The predicted octanol–water partition coefficient (Wildman–Crippen LogP) is 4.95. The van der Waals surface area contributed by atoms with Crippen molar-refractivity contribution in [3.63, 3.8) is 0 Å². The Balaban J connectivity index is 2.63. The summed E-state index contributed by atoms with van der Waals surface area (Å²) in [5, 5.41) is 0. The van der Waals surface area contributed by atoms with Crippen LogP contribution in [0.4, 0.5) is 13.2 Å². The maximum atomic E-state index is 13.3. The Morgan fingerprint density at radius 3 is 2.17 bits per heavy atom. The van der Waals surface area contributed by atoms with Crippen molar-refractivity contribution >= 4 is 5.97 Å².